The molecule has 1 aromatic carbocycles. The lowest BCUT2D eigenvalue weighted by Crippen LogP contribution is -2.57. The SMILES string of the molecule is CCCCCCO[C@]1(C)C[N@+]2(Cc3ccccc3)CC[C@@H]3CC[C@H]1[C@@]32C. The zero-order valence-corrected chi connectivity index (χ0v) is 17.2. The normalized spacial score (nSPS) is 40.9. The van der Waals surface area contributed by atoms with Gasteiger partial charge in [-0.3, -0.25) is 0 Å². The Bertz CT molecular complexity index is 616. The van der Waals surface area contributed by atoms with Crippen LogP contribution in [0.3, 0.4) is 0 Å². The minimum absolute atomic E-state index is 0.0743. The first kappa shape index (κ1) is 18.5. The molecule has 2 aliphatic heterocycles. The van der Waals surface area contributed by atoms with Crippen LogP contribution in [0.5, 0.6) is 0 Å². The van der Waals surface area contributed by atoms with Crippen LogP contribution in [0.2, 0.25) is 0 Å². The van der Waals surface area contributed by atoms with Crippen molar-refractivity contribution in [2.75, 3.05) is 19.7 Å². The van der Waals surface area contributed by atoms with Crippen LogP contribution in [-0.4, -0.2) is 35.3 Å². The topological polar surface area (TPSA) is 9.23 Å². The predicted octanol–water partition coefficient (Wildman–Crippen LogP) is 5.56. The monoisotopic (exact) mass is 356 g/mol. The van der Waals surface area contributed by atoms with E-state index >= 15 is 0 Å². The number of nitrogens with zero attached hydrogens (tertiary/aromatic N) is 1. The highest BCUT2D eigenvalue weighted by Crippen LogP contribution is 2.64. The molecule has 144 valence electrons. The van der Waals surface area contributed by atoms with Crippen molar-refractivity contribution in [3.8, 4) is 0 Å². The molecule has 2 heterocycles. The summed E-state index contributed by atoms with van der Waals surface area (Å²) in [5, 5.41) is 0. The third-order valence-electron chi connectivity index (χ3n) is 8.37. The van der Waals surface area contributed by atoms with Crippen LogP contribution in [0, 0.1) is 11.8 Å². The van der Waals surface area contributed by atoms with Gasteiger partial charge in [-0.15, -0.1) is 0 Å². The summed E-state index contributed by atoms with van der Waals surface area (Å²) in [4.78, 5) is 0. The molecular weight excluding hydrogens is 318 g/mol. The molecule has 2 heteroatoms. The average Bonchev–Trinajstić information content (AvgIpc) is 3.17. The van der Waals surface area contributed by atoms with Crippen molar-refractivity contribution in [1.82, 2.24) is 0 Å². The lowest BCUT2D eigenvalue weighted by atomic mass is 9.78. The lowest BCUT2D eigenvalue weighted by Gasteiger charge is -2.43. The Balaban J connectivity index is 1.55. The first-order valence-corrected chi connectivity index (χ1v) is 11.1. The van der Waals surface area contributed by atoms with Crippen LogP contribution in [0.1, 0.15) is 71.3 Å². The van der Waals surface area contributed by atoms with E-state index in [9.17, 15) is 0 Å². The summed E-state index contributed by atoms with van der Waals surface area (Å²) < 4.78 is 7.99. The van der Waals surface area contributed by atoms with Gasteiger partial charge in [-0.25, -0.2) is 0 Å². The molecule has 1 saturated carbocycles. The Morgan fingerprint density at radius 3 is 2.62 bits per heavy atom. The Morgan fingerprint density at radius 2 is 1.85 bits per heavy atom. The van der Waals surface area contributed by atoms with E-state index in [0.29, 0.717) is 5.54 Å². The van der Waals surface area contributed by atoms with Crippen LogP contribution < -0.4 is 0 Å². The molecule has 4 rings (SSSR count). The van der Waals surface area contributed by atoms with Gasteiger partial charge in [0.15, 0.2) is 0 Å². The van der Waals surface area contributed by atoms with E-state index in [1.165, 1.54) is 74.6 Å². The van der Waals surface area contributed by atoms with Crippen molar-refractivity contribution < 1.29 is 9.22 Å². The second kappa shape index (κ2) is 6.95. The molecule has 0 radical (unpaired) electrons. The van der Waals surface area contributed by atoms with Crippen molar-refractivity contribution in [1.29, 1.82) is 0 Å². The Kier molecular flexibility index (Phi) is 4.94. The zero-order chi connectivity index (χ0) is 18.3. The number of hydrogen-bond donors (Lipinski definition) is 0. The molecule has 3 fully saturated rings. The van der Waals surface area contributed by atoms with Gasteiger partial charge in [-0.05, 0) is 33.1 Å². The van der Waals surface area contributed by atoms with Crippen molar-refractivity contribution in [2.24, 2.45) is 11.8 Å². The smallest absolute Gasteiger partial charge is 0.123 e. The Labute approximate surface area is 160 Å². The van der Waals surface area contributed by atoms with Gasteiger partial charge in [-0.2, -0.15) is 0 Å². The summed E-state index contributed by atoms with van der Waals surface area (Å²) in [5.41, 5.74) is 2.01. The molecule has 26 heavy (non-hydrogen) atoms. The van der Waals surface area contributed by atoms with Gasteiger partial charge in [0.05, 0.1) is 6.54 Å². The summed E-state index contributed by atoms with van der Waals surface area (Å²) in [5.74, 6) is 1.64. The van der Waals surface area contributed by atoms with E-state index in [1.807, 2.05) is 0 Å². The third-order valence-corrected chi connectivity index (χ3v) is 8.37. The fourth-order valence-corrected chi connectivity index (χ4v) is 7.14. The van der Waals surface area contributed by atoms with Crippen LogP contribution in [0.15, 0.2) is 30.3 Å². The number of ether oxygens (including phenoxy) is 1. The highest BCUT2D eigenvalue weighted by Gasteiger charge is 2.74. The van der Waals surface area contributed by atoms with Gasteiger partial charge in [-0.1, -0.05) is 56.5 Å². The summed E-state index contributed by atoms with van der Waals surface area (Å²) in [6.07, 6.45) is 9.42. The van der Waals surface area contributed by atoms with Crippen molar-refractivity contribution in [3.05, 3.63) is 35.9 Å². The second-order valence-electron chi connectivity index (χ2n) is 9.73. The average molecular weight is 357 g/mol. The lowest BCUT2D eigenvalue weighted by molar-refractivity contribution is -0.967. The number of rotatable bonds is 8. The van der Waals surface area contributed by atoms with E-state index in [0.717, 1.165) is 18.4 Å². The van der Waals surface area contributed by atoms with E-state index in [-0.39, 0.29) is 5.60 Å². The van der Waals surface area contributed by atoms with Crippen molar-refractivity contribution >= 4 is 0 Å². The quantitative estimate of drug-likeness (QED) is 0.437. The summed E-state index contributed by atoms with van der Waals surface area (Å²) >= 11 is 0. The number of hydrogen-bond acceptors (Lipinski definition) is 1. The third kappa shape index (κ3) is 2.76. The van der Waals surface area contributed by atoms with Gasteiger partial charge >= 0.3 is 0 Å². The Morgan fingerprint density at radius 1 is 1.04 bits per heavy atom. The van der Waals surface area contributed by atoms with Gasteiger partial charge in [0.2, 0.25) is 0 Å². The molecule has 0 unspecified atom stereocenters. The number of benzene rings is 1. The van der Waals surface area contributed by atoms with E-state index in [1.54, 1.807) is 0 Å². The van der Waals surface area contributed by atoms with E-state index < -0.39 is 0 Å². The summed E-state index contributed by atoms with van der Waals surface area (Å²) in [6, 6.07) is 11.2. The van der Waals surface area contributed by atoms with Crippen LogP contribution in [-0.2, 0) is 11.3 Å². The largest absolute Gasteiger partial charge is 0.369 e. The van der Waals surface area contributed by atoms with Gasteiger partial charge in [0.25, 0.3) is 0 Å². The maximum Gasteiger partial charge on any atom is 0.123 e. The van der Waals surface area contributed by atoms with Gasteiger partial charge in [0.1, 0.15) is 24.2 Å². The van der Waals surface area contributed by atoms with E-state index in [2.05, 4.69) is 51.1 Å². The fraction of sp³-hybridized carbons (Fsp3) is 0.750. The van der Waals surface area contributed by atoms with Crippen LogP contribution >= 0.6 is 0 Å². The van der Waals surface area contributed by atoms with Gasteiger partial charge < -0.3 is 9.22 Å². The molecule has 2 nitrogen and oxygen atoms in total. The number of quaternary nitrogens is 1. The maximum absolute atomic E-state index is 6.72. The standard InChI is InChI=1S/C24H38NO/c1-4-5-6-10-17-26-23(2)19-25(18-20-11-8-7-9-12-20)16-15-21-13-14-22(23)24(21,25)3/h7-9,11-12,21-22H,4-6,10,13-19H2,1-3H3/q+1/t21-,22+,23+,24+,25+/m0/s1. The second-order valence-corrected chi connectivity index (χ2v) is 9.73. The molecular formula is C24H38NO+. The summed E-state index contributed by atoms with van der Waals surface area (Å²) in [6.45, 7) is 12.1. The molecule has 1 aliphatic carbocycles. The highest BCUT2D eigenvalue weighted by molar-refractivity contribution is 5.17. The van der Waals surface area contributed by atoms with Crippen molar-refractivity contribution in [3.63, 3.8) is 0 Å². The molecule has 2 saturated heterocycles. The predicted molar refractivity (Wildman–Crippen MR) is 108 cm³/mol. The molecule has 0 N–H and O–H groups in total. The maximum atomic E-state index is 6.72. The molecule has 0 bridgehead atoms. The fourth-order valence-electron chi connectivity index (χ4n) is 7.14. The highest BCUT2D eigenvalue weighted by atomic mass is 16.5. The number of unbranched alkanes of at least 4 members (excludes halogenated alkanes) is 3. The molecule has 3 aliphatic rings. The first-order valence-electron chi connectivity index (χ1n) is 11.1. The van der Waals surface area contributed by atoms with Crippen molar-refractivity contribution in [2.45, 2.75) is 83.4 Å². The molecule has 0 spiro atoms. The first-order chi connectivity index (χ1) is 12.5. The molecule has 1 aromatic rings. The molecule has 5 atom stereocenters. The minimum Gasteiger partial charge on any atom is -0.369 e. The van der Waals surface area contributed by atoms with E-state index in [4.69, 9.17) is 4.74 Å². The zero-order valence-electron chi connectivity index (χ0n) is 17.2. The molecule has 0 amide bonds. The van der Waals surface area contributed by atoms with Gasteiger partial charge in [0, 0.05) is 30.4 Å². The molecule has 0 aromatic heterocycles. The minimum atomic E-state index is 0.0743. The Hall–Kier alpha value is -0.860. The van der Waals surface area contributed by atoms with Crippen LogP contribution in [0.4, 0.5) is 0 Å². The summed E-state index contributed by atoms with van der Waals surface area (Å²) in [7, 11) is 0. The van der Waals surface area contributed by atoms with Crippen LogP contribution in [0.25, 0.3) is 0 Å².